The third kappa shape index (κ3) is 2.98. The molecule has 5 nitrogen and oxygen atoms in total. The van der Waals surface area contributed by atoms with E-state index in [1.165, 1.54) is 7.11 Å². The zero-order valence-corrected chi connectivity index (χ0v) is 8.21. The van der Waals surface area contributed by atoms with E-state index < -0.39 is 18.6 Å². The molecule has 0 saturated heterocycles. The molecule has 1 aromatic rings. The fourth-order valence-corrected chi connectivity index (χ4v) is 1.11. The second kappa shape index (κ2) is 4.99. The van der Waals surface area contributed by atoms with E-state index in [1.807, 2.05) is 0 Å². The average Bonchev–Trinajstić information content (AvgIpc) is 2.26. The Labute approximate surface area is 86.9 Å². The summed E-state index contributed by atoms with van der Waals surface area (Å²) in [5.74, 6) is -1.09. The first-order valence-electron chi connectivity index (χ1n) is 4.27. The minimum absolute atomic E-state index is 0.420. The first kappa shape index (κ1) is 11.0. The summed E-state index contributed by atoms with van der Waals surface area (Å²) in [5.41, 5.74) is 0.492. The summed E-state index contributed by atoms with van der Waals surface area (Å²) in [6.45, 7) is -0.420. The molecule has 1 aromatic carbocycles. The van der Waals surface area contributed by atoms with Gasteiger partial charge in [0.05, 0.1) is 7.11 Å². The molecule has 0 unspecified atom stereocenters. The summed E-state index contributed by atoms with van der Waals surface area (Å²) in [6.07, 6.45) is -0.691. The summed E-state index contributed by atoms with van der Waals surface area (Å²) >= 11 is 0. The van der Waals surface area contributed by atoms with Crippen LogP contribution < -0.4 is 4.90 Å². The second-order valence-electron chi connectivity index (χ2n) is 2.79. The van der Waals surface area contributed by atoms with Gasteiger partial charge in [0.25, 0.3) is 0 Å². The minimum Gasteiger partial charge on any atom is -0.480 e. The van der Waals surface area contributed by atoms with Gasteiger partial charge in [0.15, 0.2) is 0 Å². The maximum atomic E-state index is 11.3. The Hall–Kier alpha value is -2.04. The lowest BCUT2D eigenvalue weighted by Gasteiger charge is -2.18. The minimum atomic E-state index is -1.09. The number of nitrogens with zero attached hydrogens (tertiary/aromatic N) is 1. The van der Waals surface area contributed by atoms with E-state index in [9.17, 15) is 9.59 Å². The molecular weight excluding hydrogens is 198 g/mol. The maximum absolute atomic E-state index is 11.3. The number of hydrogen-bond acceptors (Lipinski definition) is 3. The van der Waals surface area contributed by atoms with Crippen LogP contribution in [0.5, 0.6) is 0 Å². The van der Waals surface area contributed by atoms with E-state index in [0.29, 0.717) is 5.69 Å². The molecule has 0 atom stereocenters. The molecule has 1 rings (SSSR count). The van der Waals surface area contributed by atoms with Crippen LogP contribution in [0.1, 0.15) is 0 Å². The zero-order chi connectivity index (χ0) is 11.3. The number of benzene rings is 1. The van der Waals surface area contributed by atoms with Gasteiger partial charge >= 0.3 is 12.1 Å². The number of carbonyl (C=O) groups is 2. The fourth-order valence-electron chi connectivity index (χ4n) is 1.11. The molecule has 0 bridgehead atoms. The summed E-state index contributed by atoms with van der Waals surface area (Å²) in [6, 6.07) is 8.49. The van der Waals surface area contributed by atoms with Crippen LogP contribution in [0.25, 0.3) is 0 Å². The lowest BCUT2D eigenvalue weighted by Crippen LogP contribution is -2.35. The average molecular weight is 209 g/mol. The first-order valence-corrected chi connectivity index (χ1v) is 4.27. The molecule has 0 aliphatic rings. The molecule has 0 radical (unpaired) electrons. The number of methoxy groups -OCH3 is 1. The molecule has 1 N–H and O–H groups in total. The van der Waals surface area contributed by atoms with E-state index in [-0.39, 0.29) is 0 Å². The predicted octanol–water partition coefficient (Wildman–Crippen LogP) is 1.34. The van der Waals surface area contributed by atoms with Crippen molar-refractivity contribution in [3.63, 3.8) is 0 Å². The summed E-state index contributed by atoms with van der Waals surface area (Å²) in [7, 11) is 1.21. The molecular formula is C10H11NO4. The molecule has 80 valence electrons. The van der Waals surface area contributed by atoms with Gasteiger partial charge in [-0.25, -0.2) is 4.79 Å². The van der Waals surface area contributed by atoms with Crippen molar-refractivity contribution in [2.45, 2.75) is 0 Å². The van der Waals surface area contributed by atoms with Crippen molar-refractivity contribution in [2.75, 3.05) is 18.6 Å². The third-order valence-corrected chi connectivity index (χ3v) is 1.76. The number of anilines is 1. The number of carboxylic acids is 1. The van der Waals surface area contributed by atoms with Crippen LogP contribution in [0.4, 0.5) is 10.5 Å². The van der Waals surface area contributed by atoms with Crippen molar-refractivity contribution in [1.82, 2.24) is 0 Å². The van der Waals surface area contributed by atoms with Crippen LogP contribution in [0, 0.1) is 0 Å². The predicted molar refractivity (Wildman–Crippen MR) is 53.8 cm³/mol. The number of aliphatic carboxylic acids is 1. The molecule has 0 spiro atoms. The monoisotopic (exact) mass is 209 g/mol. The largest absolute Gasteiger partial charge is 0.480 e. The van der Waals surface area contributed by atoms with Gasteiger partial charge in [-0.2, -0.15) is 0 Å². The van der Waals surface area contributed by atoms with Crippen LogP contribution in [-0.4, -0.2) is 30.8 Å². The molecule has 15 heavy (non-hydrogen) atoms. The topological polar surface area (TPSA) is 66.8 Å². The van der Waals surface area contributed by atoms with Gasteiger partial charge in [-0.15, -0.1) is 0 Å². The Morgan fingerprint density at radius 3 is 2.40 bits per heavy atom. The van der Waals surface area contributed by atoms with Crippen LogP contribution >= 0.6 is 0 Å². The van der Waals surface area contributed by atoms with Gasteiger partial charge in [-0.05, 0) is 12.1 Å². The zero-order valence-electron chi connectivity index (χ0n) is 8.21. The lowest BCUT2D eigenvalue weighted by molar-refractivity contribution is -0.135. The normalized spacial score (nSPS) is 9.40. The number of amides is 1. The number of hydrogen-bond donors (Lipinski definition) is 1. The smallest absolute Gasteiger partial charge is 0.414 e. The van der Waals surface area contributed by atoms with E-state index in [2.05, 4.69) is 4.74 Å². The van der Waals surface area contributed by atoms with Gasteiger partial charge in [-0.1, -0.05) is 18.2 Å². The van der Waals surface area contributed by atoms with Crippen molar-refractivity contribution in [2.24, 2.45) is 0 Å². The fraction of sp³-hybridized carbons (Fsp3) is 0.200. The van der Waals surface area contributed by atoms with E-state index in [4.69, 9.17) is 5.11 Å². The molecule has 0 fully saturated rings. The highest BCUT2D eigenvalue weighted by Gasteiger charge is 2.18. The Morgan fingerprint density at radius 2 is 1.93 bits per heavy atom. The molecule has 0 aliphatic heterocycles. The van der Waals surface area contributed by atoms with E-state index >= 15 is 0 Å². The third-order valence-electron chi connectivity index (χ3n) is 1.76. The van der Waals surface area contributed by atoms with Crippen molar-refractivity contribution in [1.29, 1.82) is 0 Å². The maximum Gasteiger partial charge on any atom is 0.414 e. The van der Waals surface area contributed by atoms with Gasteiger partial charge in [0.1, 0.15) is 6.54 Å². The number of para-hydroxylation sites is 1. The van der Waals surface area contributed by atoms with Crippen LogP contribution in [-0.2, 0) is 9.53 Å². The van der Waals surface area contributed by atoms with Gasteiger partial charge < -0.3 is 9.84 Å². The summed E-state index contributed by atoms with van der Waals surface area (Å²) in [5, 5.41) is 8.64. The molecule has 0 aliphatic carbocycles. The van der Waals surface area contributed by atoms with Crippen molar-refractivity contribution >= 4 is 17.7 Å². The van der Waals surface area contributed by atoms with Crippen LogP contribution in [0.3, 0.4) is 0 Å². The Kier molecular flexibility index (Phi) is 3.68. The number of carboxylic acid groups (broad SMARTS) is 1. The number of rotatable bonds is 3. The van der Waals surface area contributed by atoms with E-state index in [0.717, 1.165) is 4.90 Å². The van der Waals surface area contributed by atoms with Gasteiger partial charge in [0, 0.05) is 5.69 Å². The van der Waals surface area contributed by atoms with E-state index in [1.54, 1.807) is 30.3 Å². The molecule has 1 amide bonds. The Morgan fingerprint density at radius 1 is 1.33 bits per heavy atom. The van der Waals surface area contributed by atoms with Crippen molar-refractivity contribution in [3.8, 4) is 0 Å². The second-order valence-corrected chi connectivity index (χ2v) is 2.79. The van der Waals surface area contributed by atoms with Gasteiger partial charge in [0.2, 0.25) is 0 Å². The Bertz CT molecular complexity index is 350. The molecule has 0 heterocycles. The Balaban J connectivity index is 2.91. The number of carbonyl (C=O) groups excluding carboxylic acids is 1. The van der Waals surface area contributed by atoms with Crippen molar-refractivity contribution in [3.05, 3.63) is 30.3 Å². The van der Waals surface area contributed by atoms with Crippen LogP contribution in [0.2, 0.25) is 0 Å². The quantitative estimate of drug-likeness (QED) is 0.815. The first-order chi connectivity index (χ1) is 7.15. The molecule has 5 heteroatoms. The summed E-state index contributed by atoms with van der Waals surface area (Å²) in [4.78, 5) is 22.9. The van der Waals surface area contributed by atoms with Crippen LogP contribution in [0.15, 0.2) is 30.3 Å². The van der Waals surface area contributed by atoms with Crippen molar-refractivity contribution < 1.29 is 19.4 Å². The SMILES string of the molecule is COC(=O)N(CC(=O)O)c1ccccc1. The highest BCUT2D eigenvalue weighted by Crippen LogP contribution is 2.13. The number of ether oxygens (including phenoxy) is 1. The lowest BCUT2D eigenvalue weighted by atomic mass is 10.3. The highest BCUT2D eigenvalue weighted by molar-refractivity contribution is 5.92. The highest BCUT2D eigenvalue weighted by atomic mass is 16.5. The molecule has 0 aromatic heterocycles. The standard InChI is InChI=1S/C10H11NO4/c1-15-10(14)11(7-9(12)13)8-5-3-2-4-6-8/h2-6H,7H2,1H3,(H,12,13). The molecule has 0 saturated carbocycles. The summed E-state index contributed by atoms with van der Waals surface area (Å²) < 4.78 is 4.49. The van der Waals surface area contributed by atoms with Gasteiger partial charge in [-0.3, -0.25) is 9.69 Å².